The van der Waals surface area contributed by atoms with Gasteiger partial charge in [-0.3, -0.25) is 37.3 Å². The zero-order valence-electron chi connectivity index (χ0n) is 64.1. The van der Waals surface area contributed by atoms with Crippen molar-refractivity contribution in [2.24, 2.45) is 5.92 Å². The molecule has 0 aliphatic carbocycles. The number of aliphatic hydroxyl groups excluding tert-OH is 1. The number of hydrogen-bond acceptors (Lipinski definition) is 15. The van der Waals surface area contributed by atoms with Crippen LogP contribution in [-0.4, -0.2) is 96.7 Å². The monoisotopic (exact) mass is 1450 g/mol. The van der Waals surface area contributed by atoms with Crippen LogP contribution in [0.15, 0.2) is 24.3 Å². The maximum atomic E-state index is 13.1. The first kappa shape index (κ1) is 96.5. The molecule has 17 nitrogen and oxygen atoms in total. The lowest BCUT2D eigenvalue weighted by Crippen LogP contribution is -2.30. The van der Waals surface area contributed by atoms with Crippen molar-refractivity contribution in [1.29, 1.82) is 0 Å². The lowest BCUT2D eigenvalue weighted by molar-refractivity contribution is -0.161. The number of carbonyl (C=O) groups is 4. The van der Waals surface area contributed by atoms with E-state index in [4.69, 9.17) is 37.0 Å². The molecule has 5 atom stereocenters. The normalized spacial score (nSPS) is 14.0. The number of allylic oxidation sites excluding steroid dienone is 4. The second kappa shape index (κ2) is 72.5. The largest absolute Gasteiger partial charge is 0.472 e. The van der Waals surface area contributed by atoms with E-state index < -0.39 is 97.5 Å². The van der Waals surface area contributed by atoms with Crippen LogP contribution >= 0.6 is 15.6 Å². The van der Waals surface area contributed by atoms with Crippen molar-refractivity contribution in [3.63, 3.8) is 0 Å². The molecule has 0 aromatic heterocycles. The molecule has 0 spiro atoms. The molecule has 99 heavy (non-hydrogen) atoms. The Hall–Kier alpha value is -2.46. The number of phosphoric acid groups is 2. The Morgan fingerprint density at radius 3 is 0.828 bits per heavy atom. The fraction of sp³-hybridized carbons (Fsp3) is 0.900. The Bertz CT molecular complexity index is 1990. The van der Waals surface area contributed by atoms with Gasteiger partial charge in [0.05, 0.1) is 26.4 Å². The van der Waals surface area contributed by atoms with Crippen molar-refractivity contribution in [1.82, 2.24) is 0 Å². The smallest absolute Gasteiger partial charge is 0.462 e. The summed E-state index contributed by atoms with van der Waals surface area (Å²) in [5, 5.41) is 10.6. The molecule has 0 radical (unpaired) electrons. The highest BCUT2D eigenvalue weighted by molar-refractivity contribution is 7.47. The first-order valence-corrected chi connectivity index (χ1v) is 43.9. The van der Waals surface area contributed by atoms with Gasteiger partial charge in [0.25, 0.3) is 0 Å². The predicted octanol–water partition coefficient (Wildman–Crippen LogP) is 23.6. The summed E-state index contributed by atoms with van der Waals surface area (Å²) in [6.07, 6.45) is 66.2. The molecule has 3 N–H and O–H groups in total. The van der Waals surface area contributed by atoms with Crippen molar-refractivity contribution < 1.29 is 80.2 Å². The highest BCUT2D eigenvalue weighted by atomic mass is 31.2. The standard InChI is InChI=1S/C80H152O17P2/c1-6-9-12-15-18-21-24-27-30-32-34-37-40-43-46-49-56-61-65-79(84)96-75(69-90-77(82)63-58-53-47-44-41-38-36-33-31-28-25-22-19-16-13-10-7-2)71-94-98(86,87)92-67-74(81)68-93-99(88,89)95-72-76(70-91-78(83)64-59-54-51-50-52-57-62-73(4)5)97-80(85)66-60-55-48-45-42-39-35-29-26-23-20-17-14-11-8-3/h23,26,29,35,73-76,81H,6-22,24-25,27-28,30-34,36-72H2,1-5H3,(H,86,87)(H,88,89)/b26-23-,35-29-/t74-,75-,76-/m1/s1. The van der Waals surface area contributed by atoms with Gasteiger partial charge in [-0.25, -0.2) is 9.13 Å². The van der Waals surface area contributed by atoms with E-state index in [1.165, 1.54) is 205 Å². The van der Waals surface area contributed by atoms with Crippen LogP contribution in [0.5, 0.6) is 0 Å². The van der Waals surface area contributed by atoms with E-state index in [0.29, 0.717) is 31.6 Å². The molecule has 19 heteroatoms. The maximum absolute atomic E-state index is 13.1. The van der Waals surface area contributed by atoms with Crippen LogP contribution in [0.1, 0.15) is 401 Å². The molecule has 0 bridgehead atoms. The summed E-state index contributed by atoms with van der Waals surface area (Å²) in [6.45, 7) is 7.17. The SMILES string of the molecule is CCCCCC/C=C\C=C/CCCCCCCC(=O)O[C@H](COC(=O)CCCCCCCCC(C)C)COP(=O)(O)OC[C@H](O)COP(=O)(O)OC[C@@H](COC(=O)CCCCCCCCCCCCCCCCCCC)OC(=O)CCCCCCCCCCCCCCCCCCCC. The van der Waals surface area contributed by atoms with E-state index >= 15 is 0 Å². The topological polar surface area (TPSA) is 237 Å². The zero-order valence-corrected chi connectivity index (χ0v) is 65.9. The van der Waals surface area contributed by atoms with Gasteiger partial charge in [0.1, 0.15) is 19.3 Å². The number of carbonyl (C=O) groups excluding carboxylic acids is 4. The minimum Gasteiger partial charge on any atom is -0.462 e. The Morgan fingerprint density at radius 1 is 0.313 bits per heavy atom. The van der Waals surface area contributed by atoms with Gasteiger partial charge in [-0.2, -0.15) is 0 Å². The molecule has 0 fully saturated rings. The minimum absolute atomic E-state index is 0.0844. The van der Waals surface area contributed by atoms with Gasteiger partial charge in [0, 0.05) is 25.7 Å². The molecular weight excluding hydrogens is 1290 g/mol. The number of rotatable bonds is 78. The third-order valence-corrected chi connectivity index (χ3v) is 20.1. The van der Waals surface area contributed by atoms with Gasteiger partial charge >= 0.3 is 39.5 Å². The molecule has 584 valence electrons. The van der Waals surface area contributed by atoms with Gasteiger partial charge in [-0.1, -0.05) is 348 Å². The van der Waals surface area contributed by atoms with Crippen LogP contribution in [0.2, 0.25) is 0 Å². The van der Waals surface area contributed by atoms with Crippen LogP contribution in [0.4, 0.5) is 0 Å². The van der Waals surface area contributed by atoms with Crippen molar-refractivity contribution in [3.8, 4) is 0 Å². The molecule has 0 aliphatic heterocycles. The van der Waals surface area contributed by atoms with E-state index in [1.807, 2.05) is 0 Å². The first-order chi connectivity index (χ1) is 48.0. The first-order valence-electron chi connectivity index (χ1n) is 41.0. The molecule has 0 aliphatic rings. The highest BCUT2D eigenvalue weighted by Gasteiger charge is 2.30. The summed E-state index contributed by atoms with van der Waals surface area (Å²) >= 11 is 0. The third-order valence-electron chi connectivity index (χ3n) is 18.2. The van der Waals surface area contributed by atoms with Gasteiger partial charge in [-0.05, 0) is 57.3 Å². The zero-order chi connectivity index (χ0) is 72.7. The van der Waals surface area contributed by atoms with Crippen molar-refractivity contribution in [3.05, 3.63) is 24.3 Å². The van der Waals surface area contributed by atoms with Crippen LogP contribution < -0.4 is 0 Å². The number of ether oxygens (including phenoxy) is 4. The minimum atomic E-state index is -4.96. The molecule has 0 aromatic rings. The molecule has 0 heterocycles. The lowest BCUT2D eigenvalue weighted by Gasteiger charge is -2.21. The van der Waals surface area contributed by atoms with Gasteiger partial charge in [0.15, 0.2) is 12.2 Å². The molecular formula is C80H152O17P2. The molecule has 0 saturated heterocycles. The van der Waals surface area contributed by atoms with Crippen molar-refractivity contribution in [2.75, 3.05) is 39.6 Å². The molecule has 0 rings (SSSR count). The predicted molar refractivity (Wildman–Crippen MR) is 404 cm³/mol. The average Bonchev–Trinajstić information content (AvgIpc) is 1.43. The van der Waals surface area contributed by atoms with Crippen LogP contribution in [0, 0.1) is 5.92 Å². The summed E-state index contributed by atoms with van der Waals surface area (Å²) in [7, 11) is -9.93. The number of esters is 4. The fourth-order valence-electron chi connectivity index (χ4n) is 11.9. The van der Waals surface area contributed by atoms with Crippen molar-refractivity contribution in [2.45, 2.75) is 419 Å². The summed E-state index contributed by atoms with van der Waals surface area (Å²) < 4.78 is 68.6. The van der Waals surface area contributed by atoms with Crippen LogP contribution in [0.25, 0.3) is 0 Å². The van der Waals surface area contributed by atoms with Crippen molar-refractivity contribution >= 4 is 39.5 Å². The molecule has 0 saturated carbocycles. The summed E-state index contributed by atoms with van der Waals surface area (Å²) in [4.78, 5) is 72.9. The Balaban J connectivity index is 5.26. The molecule has 2 unspecified atom stereocenters. The summed E-state index contributed by atoms with van der Waals surface area (Å²) in [6, 6.07) is 0. The van der Waals surface area contributed by atoms with Crippen LogP contribution in [-0.2, 0) is 65.4 Å². The third kappa shape index (κ3) is 73.6. The summed E-state index contributed by atoms with van der Waals surface area (Å²) in [5.74, 6) is -1.46. The number of aliphatic hydroxyl groups is 1. The molecule has 0 aromatic carbocycles. The highest BCUT2D eigenvalue weighted by Crippen LogP contribution is 2.45. The maximum Gasteiger partial charge on any atom is 0.472 e. The number of phosphoric ester groups is 2. The number of unbranched alkanes of at least 4 members (excludes halogenated alkanes) is 47. The second-order valence-electron chi connectivity index (χ2n) is 28.6. The molecule has 0 amide bonds. The van der Waals surface area contributed by atoms with E-state index in [1.54, 1.807) is 0 Å². The average molecular weight is 1450 g/mol. The van der Waals surface area contributed by atoms with E-state index in [2.05, 4.69) is 58.9 Å². The lowest BCUT2D eigenvalue weighted by atomic mass is 10.0. The van der Waals surface area contributed by atoms with E-state index in [-0.39, 0.29) is 25.7 Å². The summed E-state index contributed by atoms with van der Waals surface area (Å²) in [5.41, 5.74) is 0. The van der Waals surface area contributed by atoms with Gasteiger partial charge < -0.3 is 33.8 Å². The fourth-order valence-corrected chi connectivity index (χ4v) is 13.4. The van der Waals surface area contributed by atoms with E-state index in [0.717, 1.165) is 109 Å². The quantitative estimate of drug-likeness (QED) is 0.0169. The Labute approximate surface area is 605 Å². The van der Waals surface area contributed by atoms with Crippen LogP contribution in [0.3, 0.4) is 0 Å². The van der Waals surface area contributed by atoms with Gasteiger partial charge in [0.2, 0.25) is 0 Å². The number of hydrogen-bond donors (Lipinski definition) is 3. The Kier molecular flexibility index (Phi) is 70.7. The van der Waals surface area contributed by atoms with Gasteiger partial charge in [-0.15, -0.1) is 0 Å². The Morgan fingerprint density at radius 2 is 0.545 bits per heavy atom. The van der Waals surface area contributed by atoms with E-state index in [9.17, 15) is 43.2 Å². The second-order valence-corrected chi connectivity index (χ2v) is 31.5.